The van der Waals surface area contributed by atoms with Crippen molar-refractivity contribution >= 4 is 23.8 Å². The molecule has 0 radical (unpaired) electrons. The van der Waals surface area contributed by atoms with Gasteiger partial charge in [0, 0.05) is 13.2 Å². The first kappa shape index (κ1) is 18.1. The maximum absolute atomic E-state index is 12.3. The Labute approximate surface area is 140 Å². The highest BCUT2D eigenvalue weighted by atomic mass is 16.5. The first-order valence-electron chi connectivity index (χ1n) is 7.87. The Balaban J connectivity index is 2.35. The van der Waals surface area contributed by atoms with Gasteiger partial charge in [0.25, 0.3) is 5.91 Å². The molecule has 1 atom stereocenters. The molecule has 9 nitrogen and oxygen atoms in total. The van der Waals surface area contributed by atoms with Gasteiger partial charge in [-0.05, 0) is 13.3 Å². The number of nitrogens with one attached hydrogen (secondary N) is 1. The van der Waals surface area contributed by atoms with Gasteiger partial charge < -0.3 is 19.9 Å². The Hall–Kier alpha value is -2.26. The summed E-state index contributed by atoms with van der Waals surface area (Å²) < 4.78 is 11.0. The van der Waals surface area contributed by atoms with Crippen molar-refractivity contribution in [3.63, 3.8) is 0 Å². The average Bonchev–Trinajstić information content (AvgIpc) is 2.57. The molecule has 2 N–H and O–H groups in total. The monoisotopic (exact) mass is 338 g/mol. The number of aliphatic hydroxyl groups excluding tert-OH is 1. The van der Waals surface area contributed by atoms with Crippen LogP contribution in [0.2, 0.25) is 0 Å². The van der Waals surface area contributed by atoms with Crippen molar-refractivity contribution in [2.24, 2.45) is 0 Å². The minimum absolute atomic E-state index is 0.0858. The molecule has 2 rings (SSSR count). The maximum atomic E-state index is 12.3. The SMILES string of the molecule is CCCCOC(C=O)N1C(=O)COc2c(NCCO)nc(C)nc21. The molecule has 1 unspecified atom stereocenters. The number of aromatic nitrogens is 2. The van der Waals surface area contributed by atoms with Gasteiger partial charge >= 0.3 is 0 Å². The van der Waals surface area contributed by atoms with E-state index in [4.69, 9.17) is 14.6 Å². The Morgan fingerprint density at radius 2 is 2.29 bits per heavy atom. The lowest BCUT2D eigenvalue weighted by Gasteiger charge is -2.32. The molecule has 0 saturated heterocycles. The summed E-state index contributed by atoms with van der Waals surface area (Å²) in [5.74, 6) is 0.799. The minimum atomic E-state index is -1.06. The van der Waals surface area contributed by atoms with Crippen molar-refractivity contribution in [1.29, 1.82) is 0 Å². The molecular formula is C15H22N4O5. The summed E-state index contributed by atoms with van der Waals surface area (Å²) in [6.45, 7) is 3.97. The van der Waals surface area contributed by atoms with Crippen LogP contribution in [0.25, 0.3) is 0 Å². The van der Waals surface area contributed by atoms with E-state index in [-0.39, 0.29) is 31.3 Å². The van der Waals surface area contributed by atoms with Crippen LogP contribution in [-0.4, -0.2) is 59.9 Å². The molecule has 0 bridgehead atoms. The number of carbonyl (C=O) groups excluding carboxylic acids is 2. The fourth-order valence-electron chi connectivity index (χ4n) is 2.24. The number of aldehydes is 1. The second-order valence-electron chi connectivity index (χ2n) is 5.23. The smallest absolute Gasteiger partial charge is 0.268 e. The van der Waals surface area contributed by atoms with E-state index in [9.17, 15) is 9.59 Å². The molecule has 9 heteroatoms. The fraction of sp³-hybridized carbons (Fsp3) is 0.600. The van der Waals surface area contributed by atoms with E-state index in [0.717, 1.165) is 12.8 Å². The number of amides is 1. The van der Waals surface area contributed by atoms with Crippen LogP contribution in [0.5, 0.6) is 5.75 Å². The Morgan fingerprint density at radius 3 is 2.96 bits per heavy atom. The van der Waals surface area contributed by atoms with Gasteiger partial charge in [-0.2, -0.15) is 0 Å². The zero-order chi connectivity index (χ0) is 17.5. The van der Waals surface area contributed by atoms with Gasteiger partial charge in [0.1, 0.15) is 5.82 Å². The summed E-state index contributed by atoms with van der Waals surface area (Å²) in [5.41, 5.74) is 0. The van der Waals surface area contributed by atoms with Crippen LogP contribution < -0.4 is 15.0 Å². The number of carbonyl (C=O) groups is 2. The van der Waals surface area contributed by atoms with Gasteiger partial charge in [0.15, 0.2) is 30.8 Å². The van der Waals surface area contributed by atoms with Crippen molar-refractivity contribution in [3.05, 3.63) is 5.82 Å². The van der Waals surface area contributed by atoms with Crippen molar-refractivity contribution in [1.82, 2.24) is 9.97 Å². The number of rotatable bonds is 9. The van der Waals surface area contributed by atoms with Gasteiger partial charge in [-0.3, -0.25) is 14.5 Å². The third kappa shape index (κ3) is 3.98. The largest absolute Gasteiger partial charge is 0.476 e. The molecule has 1 aliphatic heterocycles. The molecule has 2 heterocycles. The summed E-state index contributed by atoms with van der Waals surface area (Å²) >= 11 is 0. The predicted octanol–water partition coefficient (Wildman–Crippen LogP) is 0.256. The molecule has 0 saturated carbocycles. The van der Waals surface area contributed by atoms with Gasteiger partial charge in [0.05, 0.1) is 6.61 Å². The number of unbranched alkanes of at least 4 members (excludes halogenated alkanes) is 1. The highest BCUT2D eigenvalue weighted by molar-refractivity contribution is 6.00. The first-order chi connectivity index (χ1) is 11.6. The standard InChI is InChI=1S/C15H22N4O5/c1-3-4-7-23-12(8-21)19-11(22)9-24-13-14(16-5-6-20)17-10(2)18-15(13)19/h8,12,20H,3-7,9H2,1-2H3,(H,16,17,18). The van der Waals surface area contributed by atoms with Gasteiger partial charge in [-0.25, -0.2) is 9.97 Å². The van der Waals surface area contributed by atoms with Crippen LogP contribution in [0.4, 0.5) is 11.6 Å². The summed E-state index contributed by atoms with van der Waals surface area (Å²) in [6.07, 6.45) is 1.20. The summed E-state index contributed by atoms with van der Waals surface area (Å²) in [4.78, 5) is 33.4. The number of hydrogen-bond donors (Lipinski definition) is 2. The molecule has 24 heavy (non-hydrogen) atoms. The first-order valence-corrected chi connectivity index (χ1v) is 7.87. The van der Waals surface area contributed by atoms with Crippen molar-refractivity contribution in [2.45, 2.75) is 32.9 Å². The molecule has 0 spiro atoms. The number of anilines is 2. The van der Waals surface area contributed by atoms with E-state index in [0.29, 0.717) is 24.5 Å². The quantitative estimate of drug-likeness (QED) is 0.487. The highest BCUT2D eigenvalue weighted by Gasteiger charge is 2.35. The predicted molar refractivity (Wildman–Crippen MR) is 86.0 cm³/mol. The summed E-state index contributed by atoms with van der Waals surface area (Å²) in [5, 5.41) is 11.9. The topological polar surface area (TPSA) is 114 Å². The molecule has 1 aromatic heterocycles. The lowest BCUT2D eigenvalue weighted by Crippen LogP contribution is -2.48. The third-order valence-electron chi connectivity index (χ3n) is 3.36. The number of fused-ring (bicyclic) bond motifs is 1. The van der Waals surface area contributed by atoms with Crippen molar-refractivity contribution in [2.75, 3.05) is 36.6 Å². The molecule has 132 valence electrons. The van der Waals surface area contributed by atoms with Crippen LogP contribution in [-0.2, 0) is 14.3 Å². The zero-order valence-electron chi connectivity index (χ0n) is 13.8. The maximum Gasteiger partial charge on any atom is 0.268 e. The van der Waals surface area contributed by atoms with Crippen LogP contribution in [0.15, 0.2) is 0 Å². The molecular weight excluding hydrogens is 316 g/mol. The van der Waals surface area contributed by atoms with Gasteiger partial charge in [0.2, 0.25) is 5.75 Å². The summed E-state index contributed by atoms with van der Waals surface area (Å²) in [7, 11) is 0. The van der Waals surface area contributed by atoms with E-state index >= 15 is 0 Å². The zero-order valence-corrected chi connectivity index (χ0v) is 13.8. The second-order valence-corrected chi connectivity index (χ2v) is 5.23. The van der Waals surface area contributed by atoms with E-state index in [1.807, 2.05) is 6.92 Å². The highest BCUT2D eigenvalue weighted by Crippen LogP contribution is 2.37. The number of aryl methyl sites for hydroxylation is 1. The van der Waals surface area contributed by atoms with Crippen LogP contribution >= 0.6 is 0 Å². The second kappa shape index (κ2) is 8.55. The Kier molecular flexibility index (Phi) is 6.44. The van der Waals surface area contributed by atoms with E-state index in [1.165, 1.54) is 4.90 Å². The molecule has 1 amide bonds. The third-order valence-corrected chi connectivity index (χ3v) is 3.36. The van der Waals surface area contributed by atoms with Crippen molar-refractivity contribution in [3.8, 4) is 5.75 Å². The summed E-state index contributed by atoms with van der Waals surface area (Å²) in [6, 6.07) is 0. The van der Waals surface area contributed by atoms with Crippen LogP contribution in [0, 0.1) is 6.92 Å². The molecule has 0 aliphatic carbocycles. The lowest BCUT2D eigenvalue weighted by molar-refractivity contribution is -0.129. The number of hydrogen-bond acceptors (Lipinski definition) is 8. The van der Waals surface area contributed by atoms with E-state index in [1.54, 1.807) is 6.92 Å². The molecule has 0 aromatic carbocycles. The van der Waals surface area contributed by atoms with E-state index < -0.39 is 12.1 Å². The number of nitrogens with zero attached hydrogens (tertiary/aromatic N) is 3. The fourth-order valence-corrected chi connectivity index (χ4v) is 2.24. The van der Waals surface area contributed by atoms with Crippen molar-refractivity contribution < 1.29 is 24.2 Å². The number of ether oxygens (including phenoxy) is 2. The molecule has 0 fully saturated rings. The Morgan fingerprint density at radius 1 is 1.50 bits per heavy atom. The van der Waals surface area contributed by atoms with Crippen LogP contribution in [0.1, 0.15) is 25.6 Å². The minimum Gasteiger partial charge on any atom is -0.476 e. The lowest BCUT2D eigenvalue weighted by atomic mass is 10.3. The van der Waals surface area contributed by atoms with Gasteiger partial charge in [-0.15, -0.1) is 0 Å². The number of aliphatic hydroxyl groups is 1. The average molecular weight is 338 g/mol. The van der Waals surface area contributed by atoms with E-state index in [2.05, 4.69) is 15.3 Å². The molecule has 1 aromatic rings. The van der Waals surface area contributed by atoms with Gasteiger partial charge in [-0.1, -0.05) is 13.3 Å². The van der Waals surface area contributed by atoms with Crippen LogP contribution in [0.3, 0.4) is 0 Å². The molecule has 1 aliphatic rings. The normalized spacial score (nSPS) is 14.8. The Bertz CT molecular complexity index is 595.